The van der Waals surface area contributed by atoms with Gasteiger partial charge in [-0.05, 0) is 31.4 Å². The summed E-state index contributed by atoms with van der Waals surface area (Å²) in [5, 5.41) is 5.44. The highest BCUT2D eigenvalue weighted by Crippen LogP contribution is 2.36. The van der Waals surface area contributed by atoms with Gasteiger partial charge in [-0.2, -0.15) is 0 Å². The molecule has 1 saturated heterocycles. The Hall–Kier alpha value is -3.87. The van der Waals surface area contributed by atoms with E-state index in [1.54, 1.807) is 31.8 Å². The van der Waals surface area contributed by atoms with Crippen molar-refractivity contribution < 1.29 is 9.47 Å². The van der Waals surface area contributed by atoms with Gasteiger partial charge in [-0.1, -0.05) is 0 Å². The average molecular weight is 533 g/mol. The fraction of sp³-hybridized carbons (Fsp3) is 0.346. The highest BCUT2D eigenvalue weighted by molar-refractivity contribution is 7.17. The standard InChI is InChI=1S/C26H28N8O3S/c1-14-11-34(12-15(2)37-14)20-9-17-18(10-29-20)32-25(31-17)21-22(23-16(5-8-38-23)33-26(21)35)30-19(13-36-3)24-27-6-4-7-28-24/h4-10,14-15,19H,11-13H2,1-3H3,(H,31,32)(H2,30,33,35). The van der Waals surface area contributed by atoms with Crippen molar-refractivity contribution >= 4 is 44.1 Å². The van der Waals surface area contributed by atoms with Crippen LogP contribution in [0.25, 0.3) is 32.6 Å². The largest absolute Gasteiger partial charge is 0.382 e. The molecule has 0 saturated carbocycles. The van der Waals surface area contributed by atoms with Gasteiger partial charge in [0, 0.05) is 38.7 Å². The van der Waals surface area contributed by atoms with E-state index in [0.29, 0.717) is 35.0 Å². The highest BCUT2D eigenvalue weighted by Gasteiger charge is 2.25. The zero-order valence-corrected chi connectivity index (χ0v) is 22.1. The minimum atomic E-state index is -0.380. The van der Waals surface area contributed by atoms with Gasteiger partial charge in [0.1, 0.15) is 28.8 Å². The first-order valence-electron chi connectivity index (χ1n) is 12.4. The van der Waals surface area contributed by atoms with Crippen LogP contribution in [0.5, 0.6) is 0 Å². The molecule has 1 aliphatic heterocycles. The Balaban J connectivity index is 1.44. The molecule has 0 radical (unpaired) electrons. The Morgan fingerprint density at radius 2 is 1.97 bits per heavy atom. The van der Waals surface area contributed by atoms with Crippen LogP contribution in [0.4, 0.5) is 11.5 Å². The smallest absolute Gasteiger partial charge is 0.261 e. The van der Waals surface area contributed by atoms with E-state index in [9.17, 15) is 4.79 Å². The van der Waals surface area contributed by atoms with Crippen LogP contribution in [0.1, 0.15) is 25.7 Å². The zero-order chi connectivity index (χ0) is 26.2. The van der Waals surface area contributed by atoms with E-state index in [4.69, 9.17) is 14.5 Å². The first-order valence-corrected chi connectivity index (χ1v) is 13.3. The topological polar surface area (TPSA) is 134 Å². The molecule has 38 heavy (non-hydrogen) atoms. The number of imidazole rings is 1. The number of H-pyrrole nitrogens is 2. The third kappa shape index (κ3) is 4.62. The Morgan fingerprint density at radius 1 is 1.18 bits per heavy atom. The summed E-state index contributed by atoms with van der Waals surface area (Å²) in [6, 6.07) is 5.25. The first kappa shape index (κ1) is 24.5. The monoisotopic (exact) mass is 532 g/mol. The second kappa shape index (κ2) is 10.1. The summed E-state index contributed by atoms with van der Waals surface area (Å²) < 4.78 is 12.2. The van der Waals surface area contributed by atoms with Gasteiger partial charge in [-0.25, -0.2) is 19.9 Å². The predicted octanol–water partition coefficient (Wildman–Crippen LogP) is 3.73. The van der Waals surface area contributed by atoms with Crippen molar-refractivity contribution in [3.8, 4) is 11.4 Å². The average Bonchev–Trinajstić information content (AvgIpc) is 3.54. The molecule has 12 heteroatoms. The second-order valence-corrected chi connectivity index (χ2v) is 10.4. The maximum Gasteiger partial charge on any atom is 0.261 e. The third-order valence-corrected chi connectivity index (χ3v) is 7.43. The molecule has 196 valence electrons. The number of fused-ring (bicyclic) bond motifs is 2. The van der Waals surface area contributed by atoms with Crippen molar-refractivity contribution in [1.29, 1.82) is 0 Å². The molecule has 0 bridgehead atoms. The predicted molar refractivity (Wildman–Crippen MR) is 148 cm³/mol. The van der Waals surface area contributed by atoms with Gasteiger partial charge in [0.25, 0.3) is 5.56 Å². The lowest BCUT2D eigenvalue weighted by Crippen LogP contribution is -2.45. The number of nitrogens with one attached hydrogen (secondary N) is 3. The molecule has 5 aromatic rings. The van der Waals surface area contributed by atoms with E-state index >= 15 is 0 Å². The van der Waals surface area contributed by atoms with Crippen LogP contribution in [0.3, 0.4) is 0 Å². The van der Waals surface area contributed by atoms with E-state index in [2.05, 4.69) is 49.0 Å². The lowest BCUT2D eigenvalue weighted by molar-refractivity contribution is -0.00545. The number of hydrogen-bond acceptors (Lipinski definition) is 10. The van der Waals surface area contributed by atoms with Crippen LogP contribution in [-0.2, 0) is 9.47 Å². The second-order valence-electron chi connectivity index (χ2n) is 9.43. The van der Waals surface area contributed by atoms with Crippen molar-refractivity contribution in [3.63, 3.8) is 0 Å². The Morgan fingerprint density at radius 3 is 2.74 bits per heavy atom. The number of nitrogens with zero attached hydrogens (tertiary/aromatic N) is 5. The summed E-state index contributed by atoms with van der Waals surface area (Å²) >= 11 is 1.53. The highest BCUT2D eigenvalue weighted by atomic mass is 32.1. The molecule has 3 atom stereocenters. The molecular formula is C26H28N8O3S. The van der Waals surface area contributed by atoms with E-state index < -0.39 is 0 Å². The summed E-state index contributed by atoms with van der Waals surface area (Å²) in [6.07, 6.45) is 5.35. The number of ether oxygens (including phenoxy) is 2. The van der Waals surface area contributed by atoms with Gasteiger partial charge < -0.3 is 29.7 Å². The van der Waals surface area contributed by atoms with E-state index in [0.717, 1.165) is 34.6 Å². The number of rotatable bonds is 7. The van der Waals surface area contributed by atoms with Crippen LogP contribution < -0.4 is 15.8 Å². The van der Waals surface area contributed by atoms with Gasteiger partial charge in [-0.3, -0.25) is 4.79 Å². The lowest BCUT2D eigenvalue weighted by Gasteiger charge is -2.36. The van der Waals surface area contributed by atoms with Crippen LogP contribution in [-0.4, -0.2) is 68.9 Å². The molecule has 3 unspecified atom stereocenters. The Kier molecular flexibility index (Phi) is 6.52. The van der Waals surface area contributed by atoms with E-state index in [1.807, 2.05) is 17.5 Å². The number of pyridine rings is 2. The summed E-state index contributed by atoms with van der Waals surface area (Å²) in [5.41, 5.74) is 3.01. The number of hydrogen-bond donors (Lipinski definition) is 3. The van der Waals surface area contributed by atoms with Gasteiger partial charge in [0.05, 0.1) is 46.4 Å². The van der Waals surface area contributed by atoms with E-state index in [-0.39, 0.29) is 23.8 Å². The molecule has 5 aromatic heterocycles. The quantitative estimate of drug-likeness (QED) is 0.287. The maximum atomic E-state index is 13.4. The van der Waals surface area contributed by atoms with Gasteiger partial charge in [0.2, 0.25) is 0 Å². The normalized spacial score (nSPS) is 18.8. The molecule has 3 N–H and O–H groups in total. The number of aromatic nitrogens is 6. The Labute approximate surface area is 222 Å². The minimum absolute atomic E-state index is 0.118. The molecule has 0 aromatic carbocycles. The fourth-order valence-corrected chi connectivity index (χ4v) is 5.81. The van der Waals surface area contributed by atoms with Gasteiger partial charge in [-0.15, -0.1) is 11.3 Å². The Bertz CT molecular complexity index is 1620. The van der Waals surface area contributed by atoms with Crippen molar-refractivity contribution in [2.45, 2.75) is 32.1 Å². The van der Waals surface area contributed by atoms with Crippen molar-refractivity contribution in [1.82, 2.24) is 29.9 Å². The summed E-state index contributed by atoms with van der Waals surface area (Å²) in [5.74, 6) is 1.86. The van der Waals surface area contributed by atoms with Crippen molar-refractivity contribution in [3.05, 3.63) is 58.3 Å². The van der Waals surface area contributed by atoms with Gasteiger partial charge in [0.15, 0.2) is 5.82 Å². The first-order chi connectivity index (χ1) is 18.5. The number of methoxy groups -OCH3 is 1. The van der Waals surface area contributed by atoms with Crippen LogP contribution in [0.15, 0.2) is 47.0 Å². The lowest BCUT2D eigenvalue weighted by atomic mass is 10.1. The number of anilines is 2. The number of thiophene rings is 1. The molecule has 0 aliphatic carbocycles. The molecular weight excluding hydrogens is 504 g/mol. The van der Waals surface area contributed by atoms with Crippen molar-refractivity contribution in [2.24, 2.45) is 0 Å². The summed E-state index contributed by atoms with van der Waals surface area (Å²) in [4.78, 5) is 40.2. The molecule has 0 amide bonds. The van der Waals surface area contributed by atoms with Crippen LogP contribution >= 0.6 is 11.3 Å². The van der Waals surface area contributed by atoms with Crippen LogP contribution in [0.2, 0.25) is 0 Å². The molecule has 11 nitrogen and oxygen atoms in total. The fourth-order valence-electron chi connectivity index (χ4n) is 4.95. The summed E-state index contributed by atoms with van der Waals surface area (Å²) in [7, 11) is 1.62. The zero-order valence-electron chi connectivity index (χ0n) is 21.3. The van der Waals surface area contributed by atoms with Crippen molar-refractivity contribution in [2.75, 3.05) is 37.0 Å². The van der Waals surface area contributed by atoms with E-state index in [1.165, 1.54) is 11.3 Å². The molecule has 6 rings (SSSR count). The van der Waals surface area contributed by atoms with Gasteiger partial charge >= 0.3 is 0 Å². The molecule has 0 spiro atoms. The number of aromatic amines is 2. The molecule has 1 aliphatic rings. The molecule has 6 heterocycles. The summed E-state index contributed by atoms with van der Waals surface area (Å²) in [6.45, 7) is 5.96. The molecule has 1 fully saturated rings. The third-order valence-electron chi connectivity index (χ3n) is 6.50. The maximum absolute atomic E-state index is 13.4. The SMILES string of the molecule is COCC(Nc1c(-c2nc3cnc(N4CC(C)OC(C)C4)cc3[nH]2)c(=O)[nH]c2ccsc12)c1ncccn1. The number of morpholine rings is 1. The minimum Gasteiger partial charge on any atom is -0.382 e. The van der Waals surface area contributed by atoms with Crippen LogP contribution in [0, 0.1) is 0 Å².